The Morgan fingerprint density at radius 2 is 2.29 bits per heavy atom. The van der Waals surface area contributed by atoms with Crippen LogP contribution in [0.5, 0.6) is 0 Å². The smallest absolute Gasteiger partial charge is 0.114 e. The van der Waals surface area contributed by atoms with Gasteiger partial charge in [0.2, 0.25) is 0 Å². The molecule has 0 aliphatic rings. The summed E-state index contributed by atoms with van der Waals surface area (Å²) in [5.74, 6) is 1.01. The summed E-state index contributed by atoms with van der Waals surface area (Å²) < 4.78 is 5.12. The molecule has 0 aliphatic heterocycles. The number of nitriles is 1. The number of hydrogen-bond acceptors (Lipinski definition) is 4. The summed E-state index contributed by atoms with van der Waals surface area (Å²) in [4.78, 5) is 4.44. The molecule has 0 spiro atoms. The van der Waals surface area contributed by atoms with Gasteiger partial charge in [0.1, 0.15) is 11.1 Å². The maximum absolute atomic E-state index is 9.21. The normalized spacial score (nSPS) is 10.2. The highest BCUT2D eigenvalue weighted by atomic mass is 32.2. The van der Waals surface area contributed by atoms with Crippen molar-refractivity contribution in [1.82, 2.24) is 4.98 Å². The second-order valence-corrected chi connectivity index (χ2v) is 4.93. The van der Waals surface area contributed by atoms with E-state index in [4.69, 9.17) is 4.74 Å². The third kappa shape index (κ3) is 4.03. The summed E-state index contributed by atoms with van der Waals surface area (Å²) >= 11 is 1.66. The average Bonchev–Trinajstić information content (AvgIpc) is 2.29. The third-order valence-electron chi connectivity index (χ3n) is 2.34. The molecule has 0 atom stereocenters. The summed E-state index contributed by atoms with van der Waals surface area (Å²) in [5.41, 5.74) is 2.54. The number of unbranched alkanes of at least 4 members (excludes halogenated alkanes) is 1. The van der Waals surface area contributed by atoms with E-state index in [9.17, 15) is 5.26 Å². The quantitative estimate of drug-likeness (QED) is 0.574. The van der Waals surface area contributed by atoms with E-state index in [0.29, 0.717) is 12.2 Å². The zero-order valence-corrected chi connectivity index (χ0v) is 11.4. The zero-order chi connectivity index (χ0) is 12.7. The number of aryl methyl sites for hydroxylation is 1. The maximum Gasteiger partial charge on any atom is 0.114 e. The third-order valence-corrected chi connectivity index (χ3v) is 3.41. The summed E-state index contributed by atoms with van der Waals surface area (Å²) in [6, 6.07) is 4.16. The highest BCUT2D eigenvalue weighted by Crippen LogP contribution is 2.25. The monoisotopic (exact) mass is 250 g/mol. The average molecular weight is 250 g/mol. The van der Waals surface area contributed by atoms with Crippen LogP contribution in [0.3, 0.4) is 0 Å². The molecule has 4 heteroatoms. The molecule has 1 rings (SSSR count). The minimum absolute atomic E-state index is 0.466. The van der Waals surface area contributed by atoms with E-state index in [1.807, 2.05) is 13.0 Å². The van der Waals surface area contributed by atoms with Gasteiger partial charge in [-0.2, -0.15) is 5.26 Å². The van der Waals surface area contributed by atoms with Crippen molar-refractivity contribution in [3.63, 3.8) is 0 Å². The molecule has 0 fully saturated rings. The van der Waals surface area contributed by atoms with Crippen molar-refractivity contribution in [2.45, 2.75) is 38.3 Å². The van der Waals surface area contributed by atoms with E-state index in [1.165, 1.54) is 0 Å². The van der Waals surface area contributed by atoms with Gasteiger partial charge in [0, 0.05) is 12.8 Å². The van der Waals surface area contributed by atoms with E-state index in [0.717, 1.165) is 34.9 Å². The zero-order valence-electron chi connectivity index (χ0n) is 10.6. The van der Waals surface area contributed by atoms with Gasteiger partial charge in [0.05, 0.1) is 12.2 Å². The molecule has 0 aliphatic carbocycles. The molecule has 0 N–H and O–H groups in total. The van der Waals surface area contributed by atoms with Gasteiger partial charge >= 0.3 is 0 Å². The molecule has 92 valence electrons. The van der Waals surface area contributed by atoms with Crippen LogP contribution in [0.2, 0.25) is 0 Å². The van der Waals surface area contributed by atoms with E-state index in [2.05, 4.69) is 18.0 Å². The first-order valence-corrected chi connectivity index (χ1v) is 6.73. The second kappa shape index (κ2) is 7.31. The van der Waals surface area contributed by atoms with Gasteiger partial charge in [0.25, 0.3) is 0 Å². The summed E-state index contributed by atoms with van der Waals surface area (Å²) in [6.45, 7) is 4.57. The molecule has 0 unspecified atom stereocenters. The number of pyridine rings is 1. The fourth-order valence-electron chi connectivity index (χ4n) is 1.52. The number of hydrogen-bond donors (Lipinski definition) is 0. The van der Waals surface area contributed by atoms with Crippen LogP contribution in [-0.4, -0.2) is 17.8 Å². The fraction of sp³-hybridized carbons (Fsp3) is 0.538. The van der Waals surface area contributed by atoms with Crippen molar-refractivity contribution >= 4 is 11.8 Å². The Morgan fingerprint density at radius 1 is 1.53 bits per heavy atom. The van der Waals surface area contributed by atoms with Gasteiger partial charge in [-0.1, -0.05) is 13.3 Å². The van der Waals surface area contributed by atoms with Crippen LogP contribution < -0.4 is 0 Å². The number of methoxy groups -OCH3 is 1. The number of ether oxygens (including phenoxy) is 1. The standard InChI is InChI=1S/C13H18N2OS/c1-4-5-6-17-13-12(8-14)11(9-16-3)7-10(2)15-13/h7H,4-6,9H2,1-3H3. The number of nitrogens with zero attached hydrogens (tertiary/aromatic N) is 2. The van der Waals surface area contributed by atoms with Gasteiger partial charge in [-0.15, -0.1) is 11.8 Å². The van der Waals surface area contributed by atoms with Crippen LogP contribution in [-0.2, 0) is 11.3 Å². The Balaban J connectivity index is 2.97. The van der Waals surface area contributed by atoms with E-state index in [1.54, 1.807) is 18.9 Å². The molecule has 0 amide bonds. The molecule has 1 aromatic heterocycles. The van der Waals surface area contributed by atoms with Crippen molar-refractivity contribution in [3.05, 3.63) is 22.9 Å². The Bertz CT molecular complexity index is 413. The molecule has 1 heterocycles. The number of rotatable bonds is 6. The molecule has 17 heavy (non-hydrogen) atoms. The molecule has 0 radical (unpaired) electrons. The summed E-state index contributed by atoms with van der Waals surface area (Å²) in [5, 5.41) is 10.1. The van der Waals surface area contributed by atoms with Crippen molar-refractivity contribution < 1.29 is 4.74 Å². The lowest BCUT2D eigenvalue weighted by molar-refractivity contribution is 0.184. The van der Waals surface area contributed by atoms with Crippen molar-refractivity contribution in [2.75, 3.05) is 12.9 Å². The number of aromatic nitrogens is 1. The molecule has 1 aromatic rings. The summed E-state index contributed by atoms with van der Waals surface area (Å²) in [7, 11) is 1.64. The molecular formula is C13H18N2OS. The SMILES string of the molecule is CCCCSc1nc(C)cc(COC)c1C#N. The molecule has 0 aromatic carbocycles. The van der Waals surface area contributed by atoms with Crippen molar-refractivity contribution in [1.29, 1.82) is 5.26 Å². The molecular weight excluding hydrogens is 232 g/mol. The predicted molar refractivity (Wildman–Crippen MR) is 70.0 cm³/mol. The molecule has 3 nitrogen and oxygen atoms in total. The van der Waals surface area contributed by atoms with Gasteiger partial charge in [-0.3, -0.25) is 0 Å². The van der Waals surface area contributed by atoms with Crippen LogP contribution >= 0.6 is 11.8 Å². The van der Waals surface area contributed by atoms with Gasteiger partial charge in [-0.25, -0.2) is 4.98 Å². The lowest BCUT2D eigenvalue weighted by atomic mass is 10.1. The molecule has 0 saturated carbocycles. The second-order valence-electron chi connectivity index (χ2n) is 3.85. The van der Waals surface area contributed by atoms with Crippen LogP contribution in [0.4, 0.5) is 0 Å². The van der Waals surface area contributed by atoms with Crippen molar-refractivity contribution in [3.8, 4) is 6.07 Å². The van der Waals surface area contributed by atoms with Crippen LogP contribution in [0, 0.1) is 18.3 Å². The summed E-state index contributed by atoms with van der Waals surface area (Å²) in [6.07, 6.45) is 2.30. The van der Waals surface area contributed by atoms with E-state index in [-0.39, 0.29) is 0 Å². The van der Waals surface area contributed by atoms with Crippen LogP contribution in [0.15, 0.2) is 11.1 Å². The van der Waals surface area contributed by atoms with Gasteiger partial charge < -0.3 is 4.74 Å². The largest absolute Gasteiger partial charge is 0.380 e. The molecule has 0 saturated heterocycles. The highest BCUT2D eigenvalue weighted by molar-refractivity contribution is 7.99. The Kier molecular flexibility index (Phi) is 6.03. The fourth-order valence-corrected chi connectivity index (χ4v) is 2.67. The maximum atomic E-state index is 9.21. The topological polar surface area (TPSA) is 45.9 Å². The first-order chi connectivity index (χ1) is 8.22. The predicted octanol–water partition coefficient (Wildman–Crippen LogP) is 3.30. The lowest BCUT2D eigenvalue weighted by Crippen LogP contribution is -2.00. The Hall–Kier alpha value is -1.05. The lowest BCUT2D eigenvalue weighted by Gasteiger charge is -2.09. The molecule has 0 bridgehead atoms. The first kappa shape index (κ1) is 14.0. The number of thioether (sulfide) groups is 1. The van der Waals surface area contributed by atoms with Crippen molar-refractivity contribution in [2.24, 2.45) is 0 Å². The van der Waals surface area contributed by atoms with Gasteiger partial charge in [-0.05, 0) is 30.7 Å². The minimum Gasteiger partial charge on any atom is -0.380 e. The Labute approximate surface area is 107 Å². The van der Waals surface area contributed by atoms with E-state index < -0.39 is 0 Å². The Morgan fingerprint density at radius 3 is 2.88 bits per heavy atom. The highest BCUT2D eigenvalue weighted by Gasteiger charge is 2.11. The van der Waals surface area contributed by atoms with Gasteiger partial charge in [0.15, 0.2) is 0 Å². The van der Waals surface area contributed by atoms with Crippen LogP contribution in [0.25, 0.3) is 0 Å². The minimum atomic E-state index is 0.466. The first-order valence-electron chi connectivity index (χ1n) is 5.75. The van der Waals surface area contributed by atoms with Crippen LogP contribution in [0.1, 0.15) is 36.6 Å². The van der Waals surface area contributed by atoms with E-state index >= 15 is 0 Å².